The van der Waals surface area contributed by atoms with E-state index in [1.165, 1.54) is 30.3 Å². The molecular weight excluding hydrogens is 358 g/mol. The molecule has 3 heterocycles. The van der Waals surface area contributed by atoms with E-state index in [-0.39, 0.29) is 0 Å². The Hall–Kier alpha value is -2.98. The maximum absolute atomic E-state index is 5.57. The van der Waals surface area contributed by atoms with Gasteiger partial charge in [0.1, 0.15) is 11.4 Å². The third-order valence-electron chi connectivity index (χ3n) is 5.96. The summed E-state index contributed by atoms with van der Waals surface area (Å²) in [6, 6.07) is 23.5. The second kappa shape index (κ2) is 7.80. The topological polar surface area (TPSA) is 42.2 Å². The van der Waals surface area contributed by atoms with Gasteiger partial charge >= 0.3 is 0 Å². The average Bonchev–Trinajstić information content (AvgIpc) is 3.42. The van der Waals surface area contributed by atoms with Gasteiger partial charge in [-0.3, -0.25) is 0 Å². The van der Waals surface area contributed by atoms with Crippen molar-refractivity contribution in [2.75, 3.05) is 13.1 Å². The van der Waals surface area contributed by atoms with E-state index in [4.69, 9.17) is 9.51 Å². The molecule has 29 heavy (non-hydrogen) atoms. The fourth-order valence-corrected chi connectivity index (χ4v) is 4.21. The molecule has 0 amide bonds. The summed E-state index contributed by atoms with van der Waals surface area (Å²) in [6.45, 7) is 4.71. The Morgan fingerprint density at radius 2 is 1.90 bits per heavy atom. The molecule has 2 aromatic carbocycles. The quantitative estimate of drug-likeness (QED) is 0.451. The summed E-state index contributed by atoms with van der Waals surface area (Å²) < 4.78 is 5.57. The van der Waals surface area contributed by atoms with E-state index in [1.54, 1.807) is 0 Å². The largest absolute Gasteiger partial charge is 0.354 e. The van der Waals surface area contributed by atoms with Crippen LogP contribution in [0.15, 0.2) is 71.3 Å². The number of benzene rings is 2. The summed E-state index contributed by atoms with van der Waals surface area (Å²) in [4.78, 5) is 7.40. The van der Waals surface area contributed by atoms with Gasteiger partial charge < -0.3 is 9.42 Å². The molecule has 4 heteroatoms. The zero-order valence-corrected chi connectivity index (χ0v) is 16.7. The first-order chi connectivity index (χ1) is 14.3. The second-order valence-corrected chi connectivity index (χ2v) is 7.94. The molecule has 0 saturated carbocycles. The van der Waals surface area contributed by atoms with E-state index >= 15 is 0 Å². The minimum Gasteiger partial charge on any atom is -0.354 e. The number of aromatic nitrogens is 2. The van der Waals surface area contributed by atoms with Crippen LogP contribution >= 0.6 is 0 Å². The molecule has 0 N–H and O–H groups in total. The van der Waals surface area contributed by atoms with Crippen molar-refractivity contribution >= 4 is 10.9 Å². The lowest BCUT2D eigenvalue weighted by atomic mass is 10.1. The summed E-state index contributed by atoms with van der Waals surface area (Å²) >= 11 is 0. The third kappa shape index (κ3) is 3.81. The highest BCUT2D eigenvalue weighted by atomic mass is 16.5. The lowest BCUT2D eigenvalue weighted by Crippen LogP contribution is -2.28. The van der Waals surface area contributed by atoms with Gasteiger partial charge in [-0.05, 0) is 56.5 Å². The lowest BCUT2D eigenvalue weighted by molar-refractivity contribution is 0.272. The van der Waals surface area contributed by atoms with E-state index in [0.29, 0.717) is 5.76 Å². The lowest BCUT2D eigenvalue weighted by Gasteiger charge is -2.20. The van der Waals surface area contributed by atoms with Gasteiger partial charge in [0, 0.05) is 29.6 Å². The Kier molecular flexibility index (Phi) is 4.86. The van der Waals surface area contributed by atoms with Crippen molar-refractivity contribution in [3.63, 3.8) is 0 Å². The number of pyridine rings is 1. The Labute approximate surface area is 171 Å². The number of hydrogen-bond donors (Lipinski definition) is 0. The van der Waals surface area contributed by atoms with Crippen LogP contribution in [0.3, 0.4) is 0 Å². The molecule has 0 unspecified atom stereocenters. The molecular formula is C25H25N3O. The molecule has 1 aliphatic heterocycles. The standard InChI is InChI=1S/C25H25N3O/c1-18-6-5-14-28(18)15-13-19-9-11-22-21(16-19)10-12-23(26-22)25-17-24(27-29-25)20-7-3-2-4-8-20/h2-4,7-12,16-18H,5-6,13-15H2,1H3/t18-/m1/s1. The third-order valence-corrected chi connectivity index (χ3v) is 5.96. The van der Waals surface area contributed by atoms with E-state index < -0.39 is 0 Å². The Morgan fingerprint density at radius 1 is 1.00 bits per heavy atom. The van der Waals surface area contributed by atoms with Crippen molar-refractivity contribution in [2.24, 2.45) is 0 Å². The van der Waals surface area contributed by atoms with Gasteiger partial charge in [0.15, 0.2) is 5.76 Å². The van der Waals surface area contributed by atoms with Gasteiger partial charge in [0.25, 0.3) is 0 Å². The van der Waals surface area contributed by atoms with Crippen LogP contribution in [0.2, 0.25) is 0 Å². The van der Waals surface area contributed by atoms with Crippen LogP contribution < -0.4 is 0 Å². The molecule has 5 rings (SSSR count). The molecule has 4 nitrogen and oxygen atoms in total. The van der Waals surface area contributed by atoms with Crippen LogP contribution in [0.25, 0.3) is 33.6 Å². The monoisotopic (exact) mass is 383 g/mol. The first-order valence-electron chi connectivity index (χ1n) is 10.4. The molecule has 0 bridgehead atoms. The van der Waals surface area contributed by atoms with Crippen LogP contribution in [-0.2, 0) is 6.42 Å². The highest BCUT2D eigenvalue weighted by molar-refractivity contribution is 5.82. The summed E-state index contributed by atoms with van der Waals surface area (Å²) in [5.74, 6) is 0.692. The van der Waals surface area contributed by atoms with Crippen LogP contribution in [0.4, 0.5) is 0 Å². The van der Waals surface area contributed by atoms with Gasteiger partial charge in [-0.1, -0.05) is 47.6 Å². The number of likely N-dealkylation sites (tertiary alicyclic amines) is 1. The first-order valence-corrected chi connectivity index (χ1v) is 10.4. The van der Waals surface area contributed by atoms with Gasteiger partial charge in [-0.25, -0.2) is 4.98 Å². The summed E-state index contributed by atoms with van der Waals surface area (Å²) in [5.41, 5.74) is 5.04. The maximum atomic E-state index is 5.57. The van der Waals surface area contributed by atoms with Gasteiger partial charge in [-0.2, -0.15) is 0 Å². The number of fused-ring (bicyclic) bond motifs is 1. The molecule has 1 fully saturated rings. The first kappa shape index (κ1) is 18.1. The predicted molar refractivity (Wildman–Crippen MR) is 117 cm³/mol. The second-order valence-electron chi connectivity index (χ2n) is 7.94. The van der Waals surface area contributed by atoms with Crippen molar-refractivity contribution in [2.45, 2.75) is 32.2 Å². The van der Waals surface area contributed by atoms with Gasteiger partial charge in [0.2, 0.25) is 0 Å². The minimum atomic E-state index is 0.692. The SMILES string of the molecule is C[C@@H]1CCCN1CCc1ccc2nc(-c3cc(-c4ccccc4)no3)ccc2c1. The zero-order chi connectivity index (χ0) is 19.6. The average molecular weight is 383 g/mol. The van der Waals surface area contributed by atoms with Gasteiger partial charge in [-0.15, -0.1) is 0 Å². The van der Waals surface area contributed by atoms with Crippen molar-refractivity contribution in [3.05, 3.63) is 72.3 Å². The molecule has 1 saturated heterocycles. The van der Waals surface area contributed by atoms with E-state index in [9.17, 15) is 0 Å². The summed E-state index contributed by atoms with van der Waals surface area (Å²) in [7, 11) is 0. The molecule has 1 aliphatic rings. The van der Waals surface area contributed by atoms with Crippen LogP contribution in [-0.4, -0.2) is 34.2 Å². The highest BCUT2D eigenvalue weighted by Crippen LogP contribution is 2.27. The van der Waals surface area contributed by atoms with Crippen molar-refractivity contribution in [3.8, 4) is 22.7 Å². The zero-order valence-electron chi connectivity index (χ0n) is 16.7. The van der Waals surface area contributed by atoms with E-state index in [1.807, 2.05) is 42.5 Å². The van der Waals surface area contributed by atoms with E-state index in [0.717, 1.165) is 41.5 Å². The molecule has 4 aromatic rings. The van der Waals surface area contributed by atoms with Crippen molar-refractivity contribution in [1.82, 2.24) is 15.0 Å². The Morgan fingerprint density at radius 3 is 2.72 bits per heavy atom. The molecule has 2 aromatic heterocycles. The highest BCUT2D eigenvalue weighted by Gasteiger charge is 2.19. The minimum absolute atomic E-state index is 0.692. The summed E-state index contributed by atoms with van der Waals surface area (Å²) in [5, 5.41) is 5.38. The fourth-order valence-electron chi connectivity index (χ4n) is 4.21. The molecule has 0 aliphatic carbocycles. The van der Waals surface area contributed by atoms with Crippen LogP contribution in [0, 0.1) is 0 Å². The predicted octanol–water partition coefficient (Wildman–Crippen LogP) is 5.58. The fraction of sp³-hybridized carbons (Fsp3) is 0.280. The van der Waals surface area contributed by atoms with Crippen molar-refractivity contribution < 1.29 is 4.52 Å². The molecule has 0 radical (unpaired) electrons. The van der Waals surface area contributed by atoms with E-state index in [2.05, 4.69) is 41.2 Å². The van der Waals surface area contributed by atoms with Crippen molar-refractivity contribution in [1.29, 1.82) is 0 Å². The van der Waals surface area contributed by atoms with Crippen LogP contribution in [0.5, 0.6) is 0 Å². The normalized spacial score (nSPS) is 17.2. The van der Waals surface area contributed by atoms with Crippen LogP contribution in [0.1, 0.15) is 25.3 Å². The smallest absolute Gasteiger partial charge is 0.185 e. The molecule has 1 atom stereocenters. The Balaban J connectivity index is 1.35. The maximum Gasteiger partial charge on any atom is 0.185 e. The molecule has 146 valence electrons. The summed E-state index contributed by atoms with van der Waals surface area (Å²) in [6.07, 6.45) is 3.75. The Bertz CT molecular complexity index is 1120. The number of rotatable bonds is 5. The number of nitrogens with zero attached hydrogens (tertiary/aromatic N) is 3. The molecule has 0 spiro atoms. The van der Waals surface area contributed by atoms with Gasteiger partial charge in [0.05, 0.1) is 5.52 Å². The number of hydrogen-bond acceptors (Lipinski definition) is 4.